The molecule has 21 heavy (non-hydrogen) atoms. The summed E-state index contributed by atoms with van der Waals surface area (Å²) in [5.41, 5.74) is 7.20. The SMILES string of the molecule is COc1c(N)cccc1C(=O)Nc1ccc(Cl)c(C#N)c1. The molecule has 0 aliphatic rings. The van der Waals surface area contributed by atoms with E-state index in [1.54, 1.807) is 30.3 Å². The van der Waals surface area contributed by atoms with Gasteiger partial charge in [0.1, 0.15) is 6.07 Å². The van der Waals surface area contributed by atoms with Crippen LogP contribution in [0.2, 0.25) is 5.02 Å². The van der Waals surface area contributed by atoms with Crippen LogP contribution < -0.4 is 15.8 Å². The quantitative estimate of drug-likeness (QED) is 0.853. The molecule has 6 heteroatoms. The molecule has 0 saturated heterocycles. The third-order valence-electron chi connectivity index (χ3n) is 2.84. The molecule has 5 nitrogen and oxygen atoms in total. The lowest BCUT2D eigenvalue weighted by Crippen LogP contribution is -2.14. The van der Waals surface area contributed by atoms with Crippen LogP contribution in [0.5, 0.6) is 5.75 Å². The molecule has 0 unspecified atom stereocenters. The van der Waals surface area contributed by atoms with Crippen molar-refractivity contribution in [3.63, 3.8) is 0 Å². The minimum atomic E-state index is -0.384. The first kappa shape index (κ1) is 14.7. The molecular weight excluding hydrogens is 290 g/mol. The maximum Gasteiger partial charge on any atom is 0.259 e. The predicted octanol–water partition coefficient (Wildman–Crippen LogP) is 3.05. The molecule has 0 saturated carbocycles. The number of nitrogen functional groups attached to an aromatic ring is 1. The molecule has 2 rings (SSSR count). The van der Waals surface area contributed by atoms with Gasteiger partial charge in [-0.3, -0.25) is 4.79 Å². The number of nitrogens with two attached hydrogens (primary N) is 1. The Kier molecular flexibility index (Phi) is 4.31. The van der Waals surface area contributed by atoms with Crippen LogP contribution in [0.1, 0.15) is 15.9 Å². The molecule has 1 amide bonds. The molecule has 0 aliphatic carbocycles. The average molecular weight is 302 g/mol. The standard InChI is InChI=1S/C15H12ClN3O2/c1-21-14-11(3-2-4-13(14)18)15(20)19-10-5-6-12(16)9(7-10)8-17/h2-7H,18H2,1H3,(H,19,20). The van der Waals surface area contributed by atoms with E-state index in [0.717, 1.165) is 0 Å². The number of ether oxygens (including phenoxy) is 1. The fraction of sp³-hybridized carbons (Fsp3) is 0.0667. The predicted molar refractivity (Wildman–Crippen MR) is 81.5 cm³/mol. The van der Waals surface area contributed by atoms with Crippen LogP contribution >= 0.6 is 11.6 Å². The molecule has 0 bridgehead atoms. The zero-order chi connectivity index (χ0) is 15.4. The van der Waals surface area contributed by atoms with Gasteiger partial charge in [-0.25, -0.2) is 0 Å². The number of rotatable bonds is 3. The van der Waals surface area contributed by atoms with E-state index >= 15 is 0 Å². The van der Waals surface area contributed by atoms with Gasteiger partial charge in [-0.05, 0) is 30.3 Å². The molecule has 3 N–H and O–H groups in total. The highest BCUT2D eigenvalue weighted by atomic mass is 35.5. The maximum atomic E-state index is 12.3. The molecule has 106 valence electrons. The third kappa shape index (κ3) is 3.07. The number of nitrogens with zero attached hydrogens (tertiary/aromatic N) is 1. The second kappa shape index (κ2) is 6.16. The smallest absolute Gasteiger partial charge is 0.259 e. The number of benzene rings is 2. The van der Waals surface area contributed by atoms with Crippen LogP contribution in [0.25, 0.3) is 0 Å². The number of methoxy groups -OCH3 is 1. The normalized spacial score (nSPS) is 9.76. The Morgan fingerprint density at radius 2 is 2.14 bits per heavy atom. The number of nitrogens with one attached hydrogen (secondary N) is 1. The van der Waals surface area contributed by atoms with Crippen LogP contribution in [-0.4, -0.2) is 13.0 Å². The van der Waals surface area contributed by atoms with Crippen molar-refractivity contribution in [2.75, 3.05) is 18.2 Å². The van der Waals surface area contributed by atoms with Gasteiger partial charge in [0.05, 0.1) is 28.9 Å². The van der Waals surface area contributed by atoms with Crippen molar-refractivity contribution in [1.29, 1.82) is 5.26 Å². The number of halogens is 1. The van der Waals surface area contributed by atoms with Crippen molar-refractivity contribution in [2.45, 2.75) is 0 Å². The summed E-state index contributed by atoms with van der Waals surface area (Å²) in [5, 5.41) is 11.9. The Morgan fingerprint density at radius 3 is 2.81 bits per heavy atom. The third-order valence-corrected chi connectivity index (χ3v) is 3.17. The lowest BCUT2D eigenvalue weighted by atomic mass is 10.1. The largest absolute Gasteiger partial charge is 0.494 e. The Balaban J connectivity index is 2.31. The number of hydrogen-bond donors (Lipinski definition) is 2. The van der Waals surface area contributed by atoms with Crippen molar-refractivity contribution < 1.29 is 9.53 Å². The Labute approximate surface area is 126 Å². The molecule has 0 fully saturated rings. The van der Waals surface area contributed by atoms with E-state index in [2.05, 4.69) is 5.32 Å². The van der Waals surface area contributed by atoms with E-state index in [4.69, 9.17) is 27.3 Å². The van der Waals surface area contributed by atoms with Gasteiger partial charge in [0, 0.05) is 5.69 Å². The average Bonchev–Trinajstić information content (AvgIpc) is 2.48. The fourth-order valence-electron chi connectivity index (χ4n) is 1.85. The molecule has 0 spiro atoms. The van der Waals surface area contributed by atoms with Gasteiger partial charge in [-0.2, -0.15) is 5.26 Å². The first-order valence-corrected chi connectivity index (χ1v) is 6.38. The second-order valence-corrected chi connectivity index (χ2v) is 4.60. The summed E-state index contributed by atoms with van der Waals surface area (Å²) in [5.74, 6) is -0.0742. The lowest BCUT2D eigenvalue weighted by molar-refractivity contribution is 0.102. The van der Waals surface area contributed by atoms with Crippen LogP contribution in [0.15, 0.2) is 36.4 Å². The Hall–Kier alpha value is -2.71. The van der Waals surface area contributed by atoms with Crippen molar-refractivity contribution in [3.8, 4) is 11.8 Å². The topological polar surface area (TPSA) is 88.1 Å². The van der Waals surface area contributed by atoms with Gasteiger partial charge in [0.2, 0.25) is 0 Å². The molecule has 0 radical (unpaired) electrons. The summed E-state index contributed by atoms with van der Waals surface area (Å²) in [4.78, 5) is 12.3. The number of amides is 1. The Bertz CT molecular complexity index is 738. The van der Waals surface area contributed by atoms with Crippen LogP contribution in [-0.2, 0) is 0 Å². The highest BCUT2D eigenvalue weighted by Crippen LogP contribution is 2.27. The van der Waals surface area contributed by atoms with E-state index in [0.29, 0.717) is 27.7 Å². The van der Waals surface area contributed by atoms with Crippen LogP contribution in [0, 0.1) is 11.3 Å². The fourth-order valence-corrected chi connectivity index (χ4v) is 2.01. The highest BCUT2D eigenvalue weighted by molar-refractivity contribution is 6.31. The summed E-state index contributed by atoms with van der Waals surface area (Å²) in [6.45, 7) is 0. The molecule has 0 atom stereocenters. The van der Waals surface area contributed by atoms with Crippen molar-refractivity contribution in [2.24, 2.45) is 0 Å². The zero-order valence-electron chi connectivity index (χ0n) is 11.2. The highest BCUT2D eigenvalue weighted by Gasteiger charge is 2.15. The molecule has 2 aromatic rings. The summed E-state index contributed by atoms with van der Waals surface area (Å²) in [6.07, 6.45) is 0. The summed E-state index contributed by atoms with van der Waals surface area (Å²) < 4.78 is 5.14. The lowest BCUT2D eigenvalue weighted by Gasteiger charge is -2.11. The van der Waals surface area contributed by atoms with E-state index in [1.165, 1.54) is 13.2 Å². The first-order chi connectivity index (χ1) is 10.1. The van der Waals surface area contributed by atoms with Gasteiger partial charge in [-0.1, -0.05) is 17.7 Å². The van der Waals surface area contributed by atoms with Crippen molar-refractivity contribution in [1.82, 2.24) is 0 Å². The summed E-state index contributed by atoms with van der Waals surface area (Å²) in [6, 6.07) is 11.5. The number of nitriles is 1. The maximum absolute atomic E-state index is 12.3. The second-order valence-electron chi connectivity index (χ2n) is 4.19. The number of carbonyl (C=O) groups is 1. The van der Waals surface area contributed by atoms with Crippen molar-refractivity contribution in [3.05, 3.63) is 52.5 Å². The molecule has 2 aromatic carbocycles. The minimum absolute atomic E-state index is 0.286. The van der Waals surface area contributed by atoms with E-state index in [1.807, 2.05) is 6.07 Å². The summed E-state index contributed by atoms with van der Waals surface area (Å²) >= 11 is 5.85. The Morgan fingerprint density at radius 1 is 1.38 bits per heavy atom. The van der Waals surface area contributed by atoms with Crippen LogP contribution in [0.4, 0.5) is 11.4 Å². The number of anilines is 2. The van der Waals surface area contributed by atoms with E-state index in [-0.39, 0.29) is 11.5 Å². The minimum Gasteiger partial charge on any atom is -0.494 e. The molecular formula is C15H12ClN3O2. The summed E-state index contributed by atoms with van der Waals surface area (Å²) in [7, 11) is 1.44. The number of carbonyl (C=O) groups excluding carboxylic acids is 1. The van der Waals surface area contributed by atoms with Crippen LogP contribution in [0.3, 0.4) is 0 Å². The number of para-hydroxylation sites is 1. The van der Waals surface area contributed by atoms with Gasteiger partial charge in [0.25, 0.3) is 5.91 Å². The molecule has 0 aliphatic heterocycles. The van der Waals surface area contributed by atoms with Gasteiger partial charge in [0.15, 0.2) is 5.75 Å². The van der Waals surface area contributed by atoms with Gasteiger partial charge in [-0.15, -0.1) is 0 Å². The zero-order valence-corrected chi connectivity index (χ0v) is 11.9. The number of hydrogen-bond acceptors (Lipinski definition) is 4. The van der Waals surface area contributed by atoms with E-state index < -0.39 is 0 Å². The molecule has 0 aromatic heterocycles. The van der Waals surface area contributed by atoms with Gasteiger partial charge >= 0.3 is 0 Å². The van der Waals surface area contributed by atoms with Crippen molar-refractivity contribution >= 4 is 28.9 Å². The van der Waals surface area contributed by atoms with Gasteiger partial charge < -0.3 is 15.8 Å². The monoisotopic (exact) mass is 301 g/mol. The van der Waals surface area contributed by atoms with E-state index in [9.17, 15) is 4.79 Å². The molecule has 0 heterocycles. The first-order valence-electron chi connectivity index (χ1n) is 6.00.